The number of hydrogen-bond donors (Lipinski definition) is 2. The molecule has 5 nitrogen and oxygen atoms in total. The van der Waals surface area contributed by atoms with E-state index in [2.05, 4.69) is 10.1 Å². The van der Waals surface area contributed by atoms with Crippen molar-refractivity contribution in [1.29, 1.82) is 0 Å². The molecule has 0 aliphatic heterocycles. The van der Waals surface area contributed by atoms with Crippen LogP contribution in [0.2, 0.25) is 0 Å². The maximum Gasteiger partial charge on any atom is 0.305 e. The second kappa shape index (κ2) is 10.9. The normalized spacial score (nSPS) is 21.1. The van der Waals surface area contributed by atoms with Gasteiger partial charge >= 0.3 is 5.97 Å². The molecular weight excluding hydrogens is 280 g/mol. The summed E-state index contributed by atoms with van der Waals surface area (Å²) in [4.78, 5) is 22.7. The van der Waals surface area contributed by atoms with Crippen LogP contribution in [0.3, 0.4) is 0 Å². The summed E-state index contributed by atoms with van der Waals surface area (Å²) in [5, 5.41) is 2.97. The van der Waals surface area contributed by atoms with Crippen LogP contribution in [0, 0.1) is 5.92 Å². The number of unbranched alkanes of at least 4 members (excludes halogenated alkanes) is 3. The minimum Gasteiger partial charge on any atom is -0.469 e. The summed E-state index contributed by atoms with van der Waals surface area (Å²) >= 11 is 0. The molecule has 1 fully saturated rings. The second-order valence-corrected chi connectivity index (χ2v) is 5.30. The van der Waals surface area contributed by atoms with Gasteiger partial charge in [-0.05, 0) is 32.1 Å². The maximum absolute atomic E-state index is 11.8. The number of halogens is 1. The first-order valence-corrected chi connectivity index (χ1v) is 7.23. The number of carbonyl (C=O) groups excluding carboxylic acids is 2. The quantitative estimate of drug-likeness (QED) is 0.529. The Balaban J connectivity index is 0.00000361. The molecule has 1 rings (SSSR count). The molecule has 0 aromatic rings. The highest BCUT2D eigenvalue weighted by Crippen LogP contribution is 2.23. The van der Waals surface area contributed by atoms with Gasteiger partial charge in [-0.2, -0.15) is 0 Å². The highest BCUT2D eigenvalue weighted by molar-refractivity contribution is 5.85. The van der Waals surface area contributed by atoms with Crippen LogP contribution in [-0.2, 0) is 14.3 Å². The third-order valence-electron chi connectivity index (χ3n) is 3.68. The van der Waals surface area contributed by atoms with Gasteiger partial charge in [0, 0.05) is 24.9 Å². The number of ether oxygens (including phenoxy) is 1. The lowest BCUT2D eigenvalue weighted by Gasteiger charge is -2.10. The Morgan fingerprint density at radius 2 is 1.90 bits per heavy atom. The fraction of sp³-hybridized carbons (Fsp3) is 0.857. The molecule has 2 atom stereocenters. The zero-order chi connectivity index (χ0) is 14.1. The first-order chi connectivity index (χ1) is 9.13. The predicted octanol–water partition coefficient (Wildman–Crippen LogP) is 1.78. The fourth-order valence-corrected chi connectivity index (χ4v) is 2.46. The summed E-state index contributed by atoms with van der Waals surface area (Å²) in [6.07, 6.45) is 7.05. The molecule has 0 radical (unpaired) electrons. The van der Waals surface area contributed by atoms with Crippen molar-refractivity contribution in [3.05, 3.63) is 0 Å². The third-order valence-corrected chi connectivity index (χ3v) is 3.68. The monoisotopic (exact) mass is 306 g/mol. The van der Waals surface area contributed by atoms with Crippen molar-refractivity contribution in [2.75, 3.05) is 13.7 Å². The number of methoxy groups -OCH3 is 1. The highest BCUT2D eigenvalue weighted by atomic mass is 35.5. The molecule has 1 saturated carbocycles. The van der Waals surface area contributed by atoms with Crippen LogP contribution in [0.1, 0.15) is 51.4 Å². The molecule has 0 heterocycles. The van der Waals surface area contributed by atoms with Crippen molar-refractivity contribution >= 4 is 24.3 Å². The molecule has 3 N–H and O–H groups in total. The van der Waals surface area contributed by atoms with Crippen LogP contribution in [0.25, 0.3) is 0 Å². The van der Waals surface area contributed by atoms with Crippen molar-refractivity contribution in [2.24, 2.45) is 11.7 Å². The van der Waals surface area contributed by atoms with Crippen LogP contribution in [0.5, 0.6) is 0 Å². The summed E-state index contributed by atoms with van der Waals surface area (Å²) < 4.78 is 4.57. The molecule has 0 saturated heterocycles. The van der Waals surface area contributed by atoms with Crippen molar-refractivity contribution in [3.63, 3.8) is 0 Å². The lowest BCUT2D eigenvalue weighted by atomic mass is 10.1. The van der Waals surface area contributed by atoms with Crippen LogP contribution < -0.4 is 11.1 Å². The zero-order valence-electron chi connectivity index (χ0n) is 12.2. The smallest absolute Gasteiger partial charge is 0.305 e. The summed E-state index contributed by atoms with van der Waals surface area (Å²) in [5.74, 6) is 0.128. The van der Waals surface area contributed by atoms with Crippen LogP contribution in [-0.4, -0.2) is 31.6 Å². The Morgan fingerprint density at radius 3 is 2.50 bits per heavy atom. The van der Waals surface area contributed by atoms with E-state index >= 15 is 0 Å². The minimum atomic E-state index is -0.147. The largest absolute Gasteiger partial charge is 0.469 e. The van der Waals surface area contributed by atoms with Crippen molar-refractivity contribution < 1.29 is 14.3 Å². The zero-order valence-corrected chi connectivity index (χ0v) is 13.0. The molecular formula is C14H27ClN2O3. The molecule has 1 aliphatic carbocycles. The van der Waals surface area contributed by atoms with E-state index in [1.165, 1.54) is 7.11 Å². The van der Waals surface area contributed by atoms with Gasteiger partial charge in [0.1, 0.15) is 0 Å². The van der Waals surface area contributed by atoms with Gasteiger partial charge in [0.25, 0.3) is 0 Å². The van der Waals surface area contributed by atoms with Gasteiger partial charge in [0.15, 0.2) is 0 Å². The predicted molar refractivity (Wildman–Crippen MR) is 80.7 cm³/mol. The van der Waals surface area contributed by atoms with Crippen LogP contribution in [0.15, 0.2) is 0 Å². The van der Waals surface area contributed by atoms with Crippen LogP contribution >= 0.6 is 12.4 Å². The molecule has 0 aromatic carbocycles. The fourth-order valence-electron chi connectivity index (χ4n) is 2.46. The van der Waals surface area contributed by atoms with Gasteiger partial charge in [-0.1, -0.05) is 12.8 Å². The number of carbonyl (C=O) groups is 2. The number of amides is 1. The Kier molecular flexibility index (Phi) is 10.5. The van der Waals surface area contributed by atoms with Gasteiger partial charge in [-0.15, -0.1) is 12.4 Å². The van der Waals surface area contributed by atoms with Crippen molar-refractivity contribution in [2.45, 2.75) is 57.4 Å². The first-order valence-electron chi connectivity index (χ1n) is 7.23. The standard InChI is InChI=1S/C14H26N2O3.ClH/c1-19-13(17)6-4-2-3-5-9-16-14(18)11-7-8-12(15)10-11;/h11-12H,2-10,15H2,1H3,(H,16,18);1H. The van der Waals surface area contributed by atoms with Gasteiger partial charge in [0.05, 0.1) is 7.11 Å². The molecule has 118 valence electrons. The van der Waals surface area contributed by atoms with E-state index in [4.69, 9.17) is 5.73 Å². The second-order valence-electron chi connectivity index (χ2n) is 5.30. The van der Waals surface area contributed by atoms with Crippen molar-refractivity contribution in [3.8, 4) is 0 Å². The van der Waals surface area contributed by atoms with Crippen molar-refractivity contribution in [1.82, 2.24) is 5.32 Å². The van der Waals surface area contributed by atoms with E-state index in [0.717, 1.165) is 51.5 Å². The Bertz CT molecular complexity index is 300. The average molecular weight is 307 g/mol. The maximum atomic E-state index is 11.8. The number of esters is 1. The third kappa shape index (κ3) is 7.70. The van der Waals surface area contributed by atoms with E-state index in [0.29, 0.717) is 6.42 Å². The number of rotatable bonds is 8. The van der Waals surface area contributed by atoms with Gasteiger partial charge < -0.3 is 15.8 Å². The highest BCUT2D eigenvalue weighted by Gasteiger charge is 2.27. The molecule has 1 amide bonds. The molecule has 0 spiro atoms. The number of hydrogen-bond acceptors (Lipinski definition) is 4. The number of nitrogens with one attached hydrogen (secondary N) is 1. The summed E-state index contributed by atoms with van der Waals surface area (Å²) in [6, 6.07) is 0.203. The molecule has 2 unspecified atom stereocenters. The lowest BCUT2D eigenvalue weighted by Crippen LogP contribution is -2.31. The Labute approximate surface area is 127 Å². The molecule has 20 heavy (non-hydrogen) atoms. The van der Waals surface area contributed by atoms with E-state index in [-0.39, 0.29) is 36.2 Å². The molecule has 0 aromatic heterocycles. The Morgan fingerprint density at radius 1 is 1.20 bits per heavy atom. The minimum absolute atomic E-state index is 0. The Hall–Kier alpha value is -0.810. The first kappa shape index (κ1) is 19.2. The average Bonchev–Trinajstić information content (AvgIpc) is 2.83. The summed E-state index contributed by atoms with van der Waals surface area (Å²) in [5.41, 5.74) is 5.79. The summed E-state index contributed by atoms with van der Waals surface area (Å²) in [6.45, 7) is 0.725. The van der Waals surface area contributed by atoms with E-state index in [1.54, 1.807) is 0 Å². The van der Waals surface area contributed by atoms with E-state index in [9.17, 15) is 9.59 Å². The summed E-state index contributed by atoms with van der Waals surface area (Å²) in [7, 11) is 1.41. The van der Waals surface area contributed by atoms with Gasteiger partial charge in [0.2, 0.25) is 5.91 Å². The molecule has 0 bridgehead atoms. The SMILES string of the molecule is COC(=O)CCCCCCNC(=O)C1CCC(N)C1.Cl. The number of nitrogens with two attached hydrogens (primary N) is 1. The molecule has 6 heteroatoms. The van der Waals surface area contributed by atoms with Gasteiger partial charge in [-0.3, -0.25) is 9.59 Å². The van der Waals surface area contributed by atoms with Gasteiger partial charge in [-0.25, -0.2) is 0 Å². The van der Waals surface area contributed by atoms with E-state index in [1.807, 2.05) is 0 Å². The topological polar surface area (TPSA) is 81.4 Å². The van der Waals surface area contributed by atoms with E-state index < -0.39 is 0 Å². The van der Waals surface area contributed by atoms with Crippen LogP contribution in [0.4, 0.5) is 0 Å². The lowest BCUT2D eigenvalue weighted by molar-refractivity contribution is -0.140. The molecule has 1 aliphatic rings.